The number of aryl methyl sites for hydroxylation is 1. The molecule has 2 aromatic carbocycles. The molecule has 4 aromatic rings. The second-order valence-corrected chi connectivity index (χ2v) is 8.64. The van der Waals surface area contributed by atoms with Crippen LogP contribution in [0.15, 0.2) is 73.3 Å². The molecular formula is C27H32N4O. The summed E-state index contributed by atoms with van der Waals surface area (Å²) in [4.78, 5) is 9.16. The monoisotopic (exact) mass is 428 g/mol. The van der Waals surface area contributed by atoms with Gasteiger partial charge in [0.1, 0.15) is 17.4 Å². The van der Waals surface area contributed by atoms with Gasteiger partial charge >= 0.3 is 0 Å². The van der Waals surface area contributed by atoms with Crippen molar-refractivity contribution in [3.8, 4) is 11.4 Å². The lowest BCUT2D eigenvalue weighted by Gasteiger charge is -2.16. The molecule has 1 unspecified atom stereocenters. The van der Waals surface area contributed by atoms with Crippen molar-refractivity contribution in [1.82, 2.24) is 19.1 Å². The van der Waals surface area contributed by atoms with Gasteiger partial charge in [-0.3, -0.25) is 0 Å². The van der Waals surface area contributed by atoms with E-state index in [1.165, 1.54) is 5.56 Å². The maximum absolute atomic E-state index is 5.52. The normalized spacial score (nSPS) is 12.3. The second-order valence-electron chi connectivity index (χ2n) is 8.64. The van der Waals surface area contributed by atoms with Crippen molar-refractivity contribution >= 4 is 0 Å². The van der Waals surface area contributed by atoms with Crippen LogP contribution < -0.4 is 4.74 Å². The number of nitrogens with zero attached hydrogens (tertiary/aromatic N) is 4. The van der Waals surface area contributed by atoms with Crippen LogP contribution in [-0.4, -0.2) is 26.2 Å². The Morgan fingerprint density at radius 2 is 1.59 bits per heavy atom. The van der Waals surface area contributed by atoms with Gasteiger partial charge in [-0.15, -0.1) is 0 Å². The molecule has 2 aromatic heterocycles. The Balaban J connectivity index is 1.41. The first-order chi connectivity index (χ1) is 15.6. The van der Waals surface area contributed by atoms with Crippen molar-refractivity contribution in [2.75, 3.05) is 7.11 Å². The van der Waals surface area contributed by atoms with E-state index in [4.69, 9.17) is 4.74 Å². The van der Waals surface area contributed by atoms with E-state index in [9.17, 15) is 0 Å². The van der Waals surface area contributed by atoms with E-state index < -0.39 is 0 Å². The number of hydrogen-bond donors (Lipinski definition) is 0. The molecule has 5 heteroatoms. The fraction of sp³-hybridized carbons (Fsp3) is 0.333. The summed E-state index contributed by atoms with van der Waals surface area (Å²) in [6.07, 6.45) is 9.93. The second kappa shape index (κ2) is 9.86. The molecule has 0 saturated heterocycles. The summed E-state index contributed by atoms with van der Waals surface area (Å²) in [5, 5.41) is 0. The van der Waals surface area contributed by atoms with Crippen molar-refractivity contribution in [1.29, 1.82) is 0 Å². The standard InChI is InChI=1S/C27H32N4O/c1-20(2)26-28-16-18-31(26)24-13-11-22(12-14-24)10-9-21(3)27-29-15-17-30(27)19-23-7-5-6-8-25(23)32-4/h5-8,11-18,20-21H,9-10,19H2,1-4H3. The Morgan fingerprint density at radius 3 is 2.34 bits per heavy atom. The molecule has 32 heavy (non-hydrogen) atoms. The van der Waals surface area contributed by atoms with Crippen molar-refractivity contribution in [3.05, 3.63) is 96.1 Å². The predicted octanol–water partition coefficient (Wildman–Crippen LogP) is 5.99. The molecule has 1 atom stereocenters. The average Bonchev–Trinajstić information content (AvgIpc) is 3.48. The average molecular weight is 429 g/mol. The third kappa shape index (κ3) is 4.77. The van der Waals surface area contributed by atoms with E-state index in [0.717, 1.165) is 48.0 Å². The molecule has 2 heterocycles. The Hall–Kier alpha value is -3.34. The van der Waals surface area contributed by atoms with Gasteiger partial charge in [-0.2, -0.15) is 0 Å². The first-order valence-corrected chi connectivity index (χ1v) is 11.3. The Bertz CT molecular complexity index is 1140. The minimum atomic E-state index is 0.362. The van der Waals surface area contributed by atoms with Crippen LogP contribution in [0.4, 0.5) is 0 Å². The number of aromatic nitrogens is 4. The summed E-state index contributed by atoms with van der Waals surface area (Å²) in [5.41, 5.74) is 3.67. The van der Waals surface area contributed by atoms with E-state index in [-0.39, 0.29) is 0 Å². The molecule has 5 nitrogen and oxygen atoms in total. The molecule has 0 radical (unpaired) electrons. The van der Waals surface area contributed by atoms with Crippen molar-refractivity contribution in [2.24, 2.45) is 0 Å². The highest BCUT2D eigenvalue weighted by atomic mass is 16.5. The molecular weight excluding hydrogens is 396 g/mol. The third-order valence-electron chi connectivity index (χ3n) is 5.99. The topological polar surface area (TPSA) is 44.9 Å². The zero-order chi connectivity index (χ0) is 22.5. The van der Waals surface area contributed by atoms with Gasteiger partial charge in [-0.1, -0.05) is 51.1 Å². The van der Waals surface area contributed by atoms with Crippen LogP contribution in [0.5, 0.6) is 5.75 Å². The van der Waals surface area contributed by atoms with Gasteiger partial charge in [0.05, 0.1) is 13.7 Å². The van der Waals surface area contributed by atoms with E-state index >= 15 is 0 Å². The van der Waals surface area contributed by atoms with Crippen LogP contribution in [0.2, 0.25) is 0 Å². The molecule has 166 valence electrons. The maximum Gasteiger partial charge on any atom is 0.123 e. The van der Waals surface area contributed by atoms with Crippen LogP contribution in [0.3, 0.4) is 0 Å². The quantitative estimate of drug-likeness (QED) is 0.329. The van der Waals surface area contributed by atoms with Crippen LogP contribution in [0.25, 0.3) is 5.69 Å². The van der Waals surface area contributed by atoms with Crippen LogP contribution in [0.1, 0.15) is 61.8 Å². The number of ether oxygens (including phenoxy) is 1. The van der Waals surface area contributed by atoms with E-state index in [1.807, 2.05) is 30.7 Å². The SMILES string of the molecule is COc1ccccc1Cn1ccnc1C(C)CCc1ccc(-n2ccnc2C(C)C)cc1. The molecule has 0 spiro atoms. The lowest BCUT2D eigenvalue weighted by atomic mass is 10.00. The lowest BCUT2D eigenvalue weighted by molar-refractivity contribution is 0.407. The van der Waals surface area contributed by atoms with Crippen molar-refractivity contribution in [3.63, 3.8) is 0 Å². The fourth-order valence-corrected chi connectivity index (χ4v) is 4.20. The fourth-order valence-electron chi connectivity index (χ4n) is 4.20. The minimum Gasteiger partial charge on any atom is -0.496 e. The summed E-state index contributed by atoms with van der Waals surface area (Å²) in [7, 11) is 1.72. The number of methoxy groups -OCH3 is 1. The van der Waals surface area contributed by atoms with E-state index in [0.29, 0.717) is 11.8 Å². The number of imidazole rings is 2. The molecule has 0 aliphatic rings. The molecule has 0 N–H and O–H groups in total. The molecule has 0 amide bonds. The molecule has 0 fully saturated rings. The maximum atomic E-state index is 5.52. The summed E-state index contributed by atoms with van der Waals surface area (Å²) in [6, 6.07) is 17.0. The third-order valence-corrected chi connectivity index (χ3v) is 5.99. The highest BCUT2D eigenvalue weighted by Crippen LogP contribution is 2.24. The summed E-state index contributed by atoms with van der Waals surface area (Å²) < 4.78 is 9.92. The first kappa shape index (κ1) is 21.9. The summed E-state index contributed by atoms with van der Waals surface area (Å²) in [5.74, 6) is 3.88. The van der Waals surface area contributed by atoms with Gasteiger partial charge in [0, 0.05) is 47.9 Å². The van der Waals surface area contributed by atoms with Gasteiger partial charge < -0.3 is 13.9 Å². The minimum absolute atomic E-state index is 0.362. The largest absolute Gasteiger partial charge is 0.496 e. The van der Waals surface area contributed by atoms with Crippen LogP contribution >= 0.6 is 0 Å². The van der Waals surface area contributed by atoms with Crippen LogP contribution in [0, 0.1) is 0 Å². The highest BCUT2D eigenvalue weighted by molar-refractivity contribution is 5.37. The Kier molecular flexibility index (Phi) is 6.74. The van der Waals surface area contributed by atoms with Gasteiger partial charge in [0.25, 0.3) is 0 Å². The summed E-state index contributed by atoms with van der Waals surface area (Å²) >= 11 is 0. The Labute approximate surface area is 190 Å². The zero-order valence-corrected chi connectivity index (χ0v) is 19.4. The smallest absolute Gasteiger partial charge is 0.123 e. The summed E-state index contributed by atoms with van der Waals surface area (Å²) in [6.45, 7) is 7.37. The van der Waals surface area contributed by atoms with Crippen molar-refractivity contribution < 1.29 is 4.74 Å². The molecule has 0 bridgehead atoms. The number of benzene rings is 2. The molecule has 0 aliphatic heterocycles. The van der Waals surface area contributed by atoms with E-state index in [2.05, 4.69) is 82.5 Å². The molecule has 4 rings (SSSR count). The van der Waals surface area contributed by atoms with E-state index in [1.54, 1.807) is 7.11 Å². The highest BCUT2D eigenvalue weighted by Gasteiger charge is 2.14. The van der Waals surface area contributed by atoms with Gasteiger partial charge in [-0.25, -0.2) is 9.97 Å². The van der Waals surface area contributed by atoms with Crippen LogP contribution in [-0.2, 0) is 13.0 Å². The Morgan fingerprint density at radius 1 is 0.875 bits per heavy atom. The molecule has 0 aliphatic carbocycles. The zero-order valence-electron chi connectivity index (χ0n) is 19.4. The van der Waals surface area contributed by atoms with Crippen molar-refractivity contribution in [2.45, 2.75) is 52.0 Å². The predicted molar refractivity (Wildman–Crippen MR) is 129 cm³/mol. The number of rotatable bonds is 9. The number of hydrogen-bond acceptors (Lipinski definition) is 3. The lowest BCUT2D eigenvalue weighted by Crippen LogP contribution is -2.09. The number of para-hydroxylation sites is 1. The molecule has 0 saturated carbocycles. The van der Waals surface area contributed by atoms with Gasteiger partial charge in [0.2, 0.25) is 0 Å². The first-order valence-electron chi connectivity index (χ1n) is 11.3. The van der Waals surface area contributed by atoms with Gasteiger partial charge in [-0.05, 0) is 36.6 Å². The van der Waals surface area contributed by atoms with Gasteiger partial charge in [0.15, 0.2) is 0 Å².